The fraction of sp³-hybridized carbons (Fsp3) is 0.250. The van der Waals surface area contributed by atoms with E-state index in [0.717, 1.165) is 17.8 Å². The molecule has 2 nitrogen and oxygen atoms in total. The lowest BCUT2D eigenvalue weighted by Crippen LogP contribution is -1.89. The Morgan fingerprint density at radius 3 is 2.93 bits per heavy atom. The Hall–Kier alpha value is -1.57. The van der Waals surface area contributed by atoms with Gasteiger partial charge >= 0.3 is 0 Å². The maximum absolute atomic E-state index is 4.41. The number of para-hydroxylation sites is 1. The molecule has 1 N–H and O–H groups in total. The van der Waals surface area contributed by atoms with Crippen LogP contribution in [0.5, 0.6) is 0 Å². The van der Waals surface area contributed by atoms with Gasteiger partial charge in [0.15, 0.2) is 0 Å². The molecule has 0 amide bonds. The van der Waals surface area contributed by atoms with E-state index in [1.165, 1.54) is 5.56 Å². The van der Waals surface area contributed by atoms with Gasteiger partial charge in [-0.25, -0.2) is 0 Å². The van der Waals surface area contributed by atoms with E-state index in [0.29, 0.717) is 0 Å². The van der Waals surface area contributed by atoms with Gasteiger partial charge in [-0.15, -0.1) is 6.58 Å². The standard InChI is InChI=1S/C12H16N2/c1-4-5-9-14-12-10(2)7-6-8-11(12)13-3/h4,6-9,13H,1,5H2,2-3H3. The first-order valence-electron chi connectivity index (χ1n) is 4.70. The van der Waals surface area contributed by atoms with E-state index < -0.39 is 0 Å². The average molecular weight is 188 g/mol. The summed E-state index contributed by atoms with van der Waals surface area (Å²) in [6, 6.07) is 6.10. The quantitative estimate of drug-likeness (QED) is 0.569. The fourth-order valence-electron chi connectivity index (χ4n) is 1.25. The van der Waals surface area contributed by atoms with Gasteiger partial charge in [0.2, 0.25) is 0 Å². The summed E-state index contributed by atoms with van der Waals surface area (Å²) in [5.74, 6) is 0. The van der Waals surface area contributed by atoms with E-state index in [-0.39, 0.29) is 0 Å². The van der Waals surface area contributed by atoms with Gasteiger partial charge in [-0.1, -0.05) is 18.2 Å². The first-order chi connectivity index (χ1) is 6.79. The topological polar surface area (TPSA) is 24.4 Å². The molecule has 1 aromatic rings. The first-order valence-corrected chi connectivity index (χ1v) is 4.70. The van der Waals surface area contributed by atoms with Crippen molar-refractivity contribution in [3.63, 3.8) is 0 Å². The highest BCUT2D eigenvalue weighted by molar-refractivity contribution is 5.75. The van der Waals surface area contributed by atoms with Crippen molar-refractivity contribution in [3.8, 4) is 0 Å². The summed E-state index contributed by atoms with van der Waals surface area (Å²) in [6.07, 6.45) is 4.51. The number of aliphatic imine (C=N–C) groups is 1. The van der Waals surface area contributed by atoms with Gasteiger partial charge in [-0.3, -0.25) is 4.99 Å². The number of aryl methyl sites for hydroxylation is 1. The molecule has 14 heavy (non-hydrogen) atoms. The Kier molecular flexibility index (Phi) is 3.92. The van der Waals surface area contributed by atoms with Gasteiger partial charge < -0.3 is 5.32 Å². The average Bonchev–Trinajstić information content (AvgIpc) is 2.20. The number of allylic oxidation sites excluding steroid dienone is 1. The third kappa shape index (κ3) is 2.46. The molecule has 2 heteroatoms. The number of hydrogen-bond acceptors (Lipinski definition) is 2. The molecule has 0 radical (unpaired) electrons. The molecule has 0 aliphatic carbocycles. The van der Waals surface area contributed by atoms with Crippen molar-refractivity contribution in [3.05, 3.63) is 36.4 Å². The molecule has 0 spiro atoms. The van der Waals surface area contributed by atoms with Crippen LogP contribution in [-0.4, -0.2) is 13.3 Å². The van der Waals surface area contributed by atoms with Crippen LogP contribution in [0.1, 0.15) is 12.0 Å². The molecule has 0 aliphatic rings. The van der Waals surface area contributed by atoms with Crippen molar-refractivity contribution in [2.75, 3.05) is 12.4 Å². The van der Waals surface area contributed by atoms with Crippen molar-refractivity contribution in [2.24, 2.45) is 4.99 Å². The normalized spacial score (nSPS) is 10.4. The van der Waals surface area contributed by atoms with E-state index in [9.17, 15) is 0 Å². The predicted molar refractivity (Wildman–Crippen MR) is 63.7 cm³/mol. The van der Waals surface area contributed by atoms with Crippen LogP contribution < -0.4 is 5.32 Å². The van der Waals surface area contributed by atoms with Crippen molar-refractivity contribution in [1.82, 2.24) is 0 Å². The maximum Gasteiger partial charge on any atom is 0.0886 e. The SMILES string of the molecule is C=CCC=Nc1c(C)cccc1NC. The maximum atomic E-state index is 4.41. The number of rotatable bonds is 4. The van der Waals surface area contributed by atoms with Crippen LogP contribution >= 0.6 is 0 Å². The molecular weight excluding hydrogens is 172 g/mol. The minimum atomic E-state index is 0.803. The molecule has 0 aromatic heterocycles. The van der Waals surface area contributed by atoms with E-state index in [2.05, 4.69) is 29.9 Å². The van der Waals surface area contributed by atoms with E-state index in [1.54, 1.807) is 0 Å². The molecule has 0 atom stereocenters. The van der Waals surface area contributed by atoms with Gasteiger partial charge in [0.05, 0.1) is 11.4 Å². The van der Waals surface area contributed by atoms with E-state index >= 15 is 0 Å². The van der Waals surface area contributed by atoms with Gasteiger partial charge in [0, 0.05) is 19.7 Å². The lowest BCUT2D eigenvalue weighted by atomic mass is 10.1. The fourth-order valence-corrected chi connectivity index (χ4v) is 1.25. The molecule has 0 bridgehead atoms. The lowest BCUT2D eigenvalue weighted by Gasteiger charge is -2.06. The Morgan fingerprint density at radius 2 is 2.29 bits per heavy atom. The van der Waals surface area contributed by atoms with Crippen molar-refractivity contribution < 1.29 is 0 Å². The summed E-state index contributed by atoms with van der Waals surface area (Å²) in [5.41, 5.74) is 3.25. The Bertz CT molecular complexity index is 340. The van der Waals surface area contributed by atoms with Crippen LogP contribution in [-0.2, 0) is 0 Å². The first kappa shape index (κ1) is 10.5. The van der Waals surface area contributed by atoms with Crippen molar-refractivity contribution >= 4 is 17.6 Å². The van der Waals surface area contributed by atoms with Crippen LogP contribution in [0, 0.1) is 6.92 Å². The van der Waals surface area contributed by atoms with Gasteiger partial charge in [0.25, 0.3) is 0 Å². The monoisotopic (exact) mass is 188 g/mol. The van der Waals surface area contributed by atoms with Crippen LogP contribution in [0.2, 0.25) is 0 Å². The van der Waals surface area contributed by atoms with Crippen molar-refractivity contribution in [1.29, 1.82) is 0 Å². The molecule has 1 rings (SSSR count). The summed E-state index contributed by atoms with van der Waals surface area (Å²) in [5, 5.41) is 3.12. The van der Waals surface area contributed by atoms with Crippen molar-refractivity contribution in [2.45, 2.75) is 13.3 Å². The summed E-state index contributed by atoms with van der Waals surface area (Å²) < 4.78 is 0. The molecule has 1 aromatic carbocycles. The summed E-state index contributed by atoms with van der Waals surface area (Å²) in [4.78, 5) is 4.41. The number of benzene rings is 1. The highest BCUT2D eigenvalue weighted by Crippen LogP contribution is 2.27. The Morgan fingerprint density at radius 1 is 1.50 bits per heavy atom. The zero-order valence-electron chi connectivity index (χ0n) is 8.75. The minimum Gasteiger partial charge on any atom is -0.386 e. The number of nitrogens with zero attached hydrogens (tertiary/aromatic N) is 1. The zero-order valence-corrected chi connectivity index (χ0v) is 8.75. The largest absolute Gasteiger partial charge is 0.386 e. The molecule has 0 saturated carbocycles. The molecule has 0 heterocycles. The van der Waals surface area contributed by atoms with Gasteiger partial charge in [-0.05, 0) is 18.6 Å². The molecule has 0 fully saturated rings. The summed E-state index contributed by atoms with van der Waals surface area (Å²) in [7, 11) is 1.90. The van der Waals surface area contributed by atoms with Gasteiger partial charge in [0.1, 0.15) is 0 Å². The number of hydrogen-bond donors (Lipinski definition) is 1. The van der Waals surface area contributed by atoms with E-state index in [1.807, 2.05) is 31.5 Å². The molecule has 0 unspecified atom stereocenters. The molecule has 74 valence electrons. The highest BCUT2D eigenvalue weighted by Gasteiger charge is 2.00. The zero-order chi connectivity index (χ0) is 10.4. The summed E-state index contributed by atoms with van der Waals surface area (Å²) in [6.45, 7) is 5.71. The van der Waals surface area contributed by atoms with E-state index in [4.69, 9.17) is 0 Å². The third-order valence-corrected chi connectivity index (χ3v) is 2.00. The Balaban J connectivity index is 2.98. The lowest BCUT2D eigenvalue weighted by molar-refractivity contribution is 1.36. The van der Waals surface area contributed by atoms with Crippen LogP contribution in [0.4, 0.5) is 11.4 Å². The minimum absolute atomic E-state index is 0.803. The van der Waals surface area contributed by atoms with Crippen LogP contribution in [0.3, 0.4) is 0 Å². The number of nitrogens with one attached hydrogen (secondary N) is 1. The smallest absolute Gasteiger partial charge is 0.0886 e. The summed E-state index contributed by atoms with van der Waals surface area (Å²) >= 11 is 0. The Labute approximate surface area is 85.4 Å². The highest BCUT2D eigenvalue weighted by atomic mass is 14.9. The second kappa shape index (κ2) is 5.22. The second-order valence-electron chi connectivity index (χ2n) is 3.06. The number of anilines is 1. The molecule has 0 aliphatic heterocycles. The van der Waals surface area contributed by atoms with Crippen LogP contribution in [0.25, 0.3) is 0 Å². The molecular formula is C12H16N2. The molecule has 0 saturated heterocycles. The van der Waals surface area contributed by atoms with Crippen LogP contribution in [0.15, 0.2) is 35.8 Å². The predicted octanol–water partition coefficient (Wildman–Crippen LogP) is 3.32. The second-order valence-corrected chi connectivity index (χ2v) is 3.06. The third-order valence-electron chi connectivity index (χ3n) is 2.00. The van der Waals surface area contributed by atoms with Gasteiger partial charge in [-0.2, -0.15) is 0 Å².